The predicted octanol–water partition coefficient (Wildman–Crippen LogP) is 4.56. The number of amides is 1. The van der Waals surface area contributed by atoms with E-state index in [4.69, 9.17) is 5.26 Å². The van der Waals surface area contributed by atoms with Gasteiger partial charge >= 0.3 is 0 Å². The number of carbonyl (C=O) groups excluding carboxylic acids is 1. The Morgan fingerprint density at radius 1 is 1.23 bits per heavy atom. The summed E-state index contributed by atoms with van der Waals surface area (Å²) in [6.45, 7) is 1.69. The van der Waals surface area contributed by atoms with Crippen molar-refractivity contribution in [2.75, 3.05) is 11.9 Å². The first-order valence-electron chi connectivity index (χ1n) is 10.7. The number of nitriles is 1. The lowest BCUT2D eigenvalue weighted by Gasteiger charge is -2.20. The third kappa shape index (κ3) is 5.19. The lowest BCUT2D eigenvalue weighted by molar-refractivity contribution is 0.0759. The van der Waals surface area contributed by atoms with Crippen LogP contribution in [0.4, 0.5) is 20.2 Å². The highest BCUT2D eigenvalue weighted by molar-refractivity contribution is 6.00. The van der Waals surface area contributed by atoms with Gasteiger partial charge in [-0.15, -0.1) is 0 Å². The number of phenols is 1. The van der Waals surface area contributed by atoms with E-state index in [0.29, 0.717) is 28.4 Å². The van der Waals surface area contributed by atoms with Gasteiger partial charge in [0.25, 0.3) is 5.91 Å². The molecule has 0 bridgehead atoms. The minimum Gasteiger partial charge on any atom is -0.508 e. The SMILES string of the molecule is CC(C)(F)C(F)CNC(=O)c1cnc(-n2ccc3cc(C#N)cnc32)cc1Nc1cccc(O)c1. The molecule has 0 saturated heterocycles. The summed E-state index contributed by atoms with van der Waals surface area (Å²) in [5.74, 6) is -0.202. The number of hydrogen-bond acceptors (Lipinski definition) is 6. The highest BCUT2D eigenvalue weighted by atomic mass is 19.2. The quantitative estimate of drug-likeness (QED) is 0.360. The van der Waals surface area contributed by atoms with Crippen LogP contribution in [0.15, 0.2) is 61.1 Å². The first-order valence-corrected chi connectivity index (χ1v) is 10.7. The van der Waals surface area contributed by atoms with Gasteiger partial charge in [0.05, 0.1) is 23.4 Å². The van der Waals surface area contributed by atoms with Crippen molar-refractivity contribution in [1.82, 2.24) is 19.9 Å². The number of benzene rings is 1. The molecule has 178 valence electrons. The van der Waals surface area contributed by atoms with E-state index in [9.17, 15) is 18.7 Å². The highest BCUT2D eigenvalue weighted by Crippen LogP contribution is 2.27. The average Bonchev–Trinajstić information content (AvgIpc) is 3.25. The zero-order chi connectivity index (χ0) is 25.2. The fourth-order valence-corrected chi connectivity index (χ4v) is 3.39. The molecule has 1 atom stereocenters. The number of hydrogen-bond donors (Lipinski definition) is 3. The summed E-state index contributed by atoms with van der Waals surface area (Å²) in [5.41, 5.74) is -0.211. The Labute approximate surface area is 199 Å². The summed E-state index contributed by atoms with van der Waals surface area (Å²) in [7, 11) is 0. The van der Waals surface area contributed by atoms with Crippen molar-refractivity contribution in [1.29, 1.82) is 5.26 Å². The number of nitrogens with one attached hydrogen (secondary N) is 2. The number of aromatic nitrogens is 3. The zero-order valence-electron chi connectivity index (χ0n) is 19.0. The van der Waals surface area contributed by atoms with Gasteiger partial charge in [0, 0.05) is 41.8 Å². The maximum absolute atomic E-state index is 14.1. The average molecular weight is 476 g/mol. The van der Waals surface area contributed by atoms with Gasteiger partial charge < -0.3 is 15.7 Å². The van der Waals surface area contributed by atoms with E-state index in [1.54, 1.807) is 41.1 Å². The fraction of sp³-hybridized carbons (Fsp3) is 0.200. The first-order chi connectivity index (χ1) is 16.7. The number of anilines is 2. The van der Waals surface area contributed by atoms with Gasteiger partial charge in [-0.2, -0.15) is 5.26 Å². The van der Waals surface area contributed by atoms with Crippen molar-refractivity contribution in [3.8, 4) is 17.6 Å². The number of phenolic OH excluding ortho intramolecular Hbond substituents is 1. The highest BCUT2D eigenvalue weighted by Gasteiger charge is 2.29. The van der Waals surface area contributed by atoms with Gasteiger partial charge in [-0.3, -0.25) is 9.36 Å². The Balaban J connectivity index is 1.72. The van der Waals surface area contributed by atoms with Crippen LogP contribution in [-0.4, -0.2) is 43.9 Å². The van der Waals surface area contributed by atoms with Gasteiger partial charge in [-0.25, -0.2) is 18.7 Å². The second-order valence-corrected chi connectivity index (χ2v) is 8.44. The number of alkyl halides is 2. The van der Waals surface area contributed by atoms with E-state index in [-0.39, 0.29) is 11.3 Å². The third-order valence-electron chi connectivity index (χ3n) is 5.35. The minimum absolute atomic E-state index is 0.0228. The van der Waals surface area contributed by atoms with Crippen molar-refractivity contribution in [2.45, 2.75) is 25.7 Å². The maximum atomic E-state index is 14.1. The monoisotopic (exact) mass is 476 g/mol. The standard InChI is InChI=1S/C25H22F2N6O2/c1-25(2,27)21(26)14-31-24(35)19-13-29-22(10-20(19)32-17-4-3-5-18(34)9-17)33-7-6-16-8-15(11-28)12-30-23(16)33/h3-10,12-13,21,34H,14H2,1-2H3,(H,29,32)(H,31,35). The van der Waals surface area contributed by atoms with E-state index >= 15 is 0 Å². The van der Waals surface area contributed by atoms with Crippen molar-refractivity contribution in [3.05, 3.63) is 72.2 Å². The lowest BCUT2D eigenvalue weighted by atomic mass is 10.1. The Bertz CT molecular complexity index is 1440. The Hall–Kier alpha value is -4.52. The molecule has 1 amide bonds. The number of rotatable bonds is 7. The van der Waals surface area contributed by atoms with Crippen molar-refractivity contribution in [2.24, 2.45) is 0 Å². The predicted molar refractivity (Wildman–Crippen MR) is 127 cm³/mol. The number of pyridine rings is 2. The van der Waals surface area contributed by atoms with E-state index in [1.165, 1.54) is 24.5 Å². The molecule has 35 heavy (non-hydrogen) atoms. The third-order valence-corrected chi connectivity index (χ3v) is 5.35. The molecule has 4 aromatic rings. The van der Waals surface area contributed by atoms with Crippen LogP contribution in [0.5, 0.6) is 5.75 Å². The smallest absolute Gasteiger partial charge is 0.255 e. The molecule has 0 aliphatic heterocycles. The molecular weight excluding hydrogens is 454 g/mol. The molecule has 8 nitrogen and oxygen atoms in total. The van der Waals surface area contributed by atoms with Crippen LogP contribution >= 0.6 is 0 Å². The summed E-state index contributed by atoms with van der Waals surface area (Å²) < 4.78 is 29.6. The van der Waals surface area contributed by atoms with Crippen LogP contribution in [0.2, 0.25) is 0 Å². The number of halogens is 2. The fourth-order valence-electron chi connectivity index (χ4n) is 3.39. The Morgan fingerprint density at radius 3 is 2.74 bits per heavy atom. The number of carbonyl (C=O) groups is 1. The van der Waals surface area contributed by atoms with E-state index in [1.807, 2.05) is 6.07 Å². The molecule has 1 unspecified atom stereocenters. The van der Waals surface area contributed by atoms with E-state index in [0.717, 1.165) is 19.2 Å². The van der Waals surface area contributed by atoms with Crippen LogP contribution in [0.25, 0.3) is 16.9 Å². The molecule has 4 rings (SSSR count). The molecule has 10 heteroatoms. The molecule has 0 spiro atoms. The molecule has 3 heterocycles. The molecule has 0 fully saturated rings. The van der Waals surface area contributed by atoms with Crippen LogP contribution in [-0.2, 0) is 0 Å². The van der Waals surface area contributed by atoms with Gasteiger partial charge in [-0.05, 0) is 38.1 Å². The van der Waals surface area contributed by atoms with Gasteiger partial charge in [0.1, 0.15) is 29.0 Å². The van der Waals surface area contributed by atoms with Crippen LogP contribution in [0, 0.1) is 11.3 Å². The normalized spacial score (nSPS) is 12.2. The second-order valence-electron chi connectivity index (χ2n) is 8.44. The molecule has 0 radical (unpaired) electrons. The molecular formula is C25H22F2N6O2. The topological polar surface area (TPSA) is 116 Å². The number of fused-ring (bicyclic) bond motifs is 1. The molecule has 0 aliphatic rings. The van der Waals surface area contributed by atoms with Gasteiger partial charge in [0.15, 0.2) is 6.17 Å². The summed E-state index contributed by atoms with van der Waals surface area (Å²) >= 11 is 0. The van der Waals surface area contributed by atoms with Gasteiger partial charge in [0.2, 0.25) is 0 Å². The summed E-state index contributed by atoms with van der Waals surface area (Å²) in [5, 5.41) is 25.1. The summed E-state index contributed by atoms with van der Waals surface area (Å²) in [6.07, 6.45) is 2.61. The minimum atomic E-state index is -2.11. The summed E-state index contributed by atoms with van der Waals surface area (Å²) in [6, 6.07) is 13.4. The van der Waals surface area contributed by atoms with Crippen molar-refractivity contribution in [3.63, 3.8) is 0 Å². The number of nitrogens with zero attached hydrogens (tertiary/aromatic N) is 4. The largest absolute Gasteiger partial charge is 0.508 e. The summed E-state index contributed by atoms with van der Waals surface area (Å²) in [4.78, 5) is 21.6. The van der Waals surface area contributed by atoms with E-state index < -0.39 is 24.3 Å². The van der Waals surface area contributed by atoms with Crippen molar-refractivity contribution >= 4 is 28.3 Å². The zero-order valence-corrected chi connectivity index (χ0v) is 19.0. The second kappa shape index (κ2) is 9.38. The first kappa shape index (κ1) is 23.6. The molecule has 0 saturated carbocycles. The molecule has 3 N–H and O–H groups in total. The lowest BCUT2D eigenvalue weighted by Crippen LogP contribution is -2.39. The van der Waals surface area contributed by atoms with E-state index in [2.05, 4.69) is 20.6 Å². The van der Waals surface area contributed by atoms with Crippen LogP contribution in [0.3, 0.4) is 0 Å². The van der Waals surface area contributed by atoms with Gasteiger partial charge in [-0.1, -0.05) is 6.07 Å². The Morgan fingerprint density at radius 2 is 2.03 bits per heavy atom. The van der Waals surface area contributed by atoms with Crippen LogP contribution in [0.1, 0.15) is 29.8 Å². The molecule has 3 aromatic heterocycles. The number of aromatic hydroxyl groups is 1. The Kier molecular flexibility index (Phi) is 6.34. The maximum Gasteiger partial charge on any atom is 0.255 e. The van der Waals surface area contributed by atoms with Crippen molar-refractivity contribution < 1.29 is 18.7 Å². The van der Waals surface area contributed by atoms with Crippen LogP contribution < -0.4 is 10.6 Å². The molecule has 0 aliphatic carbocycles. The molecule has 1 aromatic carbocycles.